The monoisotopic (exact) mass is 578 g/mol. The normalized spacial score (nSPS) is 11.6. The highest BCUT2D eigenvalue weighted by Gasteiger charge is 2.26. The van der Waals surface area contributed by atoms with Crippen LogP contribution in [0.3, 0.4) is 0 Å². The van der Waals surface area contributed by atoms with Crippen LogP contribution in [0.5, 0.6) is 0 Å². The summed E-state index contributed by atoms with van der Waals surface area (Å²) >= 11 is 0. The van der Waals surface area contributed by atoms with E-state index in [0.29, 0.717) is 11.5 Å². The molecule has 0 saturated carbocycles. The Morgan fingerprint density at radius 3 is 1.91 bits per heavy atom. The second-order valence-electron chi connectivity index (χ2n) is 11.2. The van der Waals surface area contributed by atoms with Crippen molar-refractivity contribution in [3.05, 3.63) is 158 Å². The summed E-state index contributed by atoms with van der Waals surface area (Å²) in [6.45, 7) is 0. The molecule has 0 aliphatic heterocycles. The average Bonchev–Trinajstić information content (AvgIpc) is 3.71. The fourth-order valence-corrected chi connectivity index (χ4v) is 6.32. The topological polar surface area (TPSA) is 42.4 Å². The van der Waals surface area contributed by atoms with Gasteiger partial charge in [0.15, 0.2) is 5.58 Å². The zero-order chi connectivity index (χ0) is 29.7. The van der Waals surface area contributed by atoms with Gasteiger partial charge in [0.25, 0.3) is 0 Å². The molecule has 4 heteroatoms. The first-order valence-corrected chi connectivity index (χ1v) is 15.0. The van der Waals surface area contributed by atoms with Crippen LogP contribution in [0, 0.1) is 0 Å². The van der Waals surface area contributed by atoms with Crippen LogP contribution in [0.15, 0.2) is 167 Å². The van der Waals surface area contributed by atoms with Gasteiger partial charge in [-0.2, -0.15) is 0 Å². The van der Waals surface area contributed by atoms with E-state index in [0.717, 1.165) is 61.0 Å². The molecule has 0 amide bonds. The summed E-state index contributed by atoms with van der Waals surface area (Å²) in [5.41, 5.74) is 9.18. The molecule has 0 atom stereocenters. The summed E-state index contributed by atoms with van der Waals surface area (Å²) in [5, 5.41) is 4.34. The van der Waals surface area contributed by atoms with E-state index < -0.39 is 0 Å². The van der Waals surface area contributed by atoms with Gasteiger partial charge in [-0.25, -0.2) is 4.98 Å². The standard InChI is InChI=1S/C41H26N2O2/c1-3-11-27(12-4-1)29-19-22-32(23-20-29)43(33-24-21-28-13-7-8-16-31(28)25-33)39-38-34-17-9-10-18-36(34)44-37(38)26-35-40(39)45-41(42-35)30-14-5-2-6-15-30/h1-26H. The largest absolute Gasteiger partial charge is 0.456 e. The molecule has 4 nitrogen and oxygen atoms in total. The molecule has 0 radical (unpaired) electrons. The number of aromatic nitrogens is 1. The van der Waals surface area contributed by atoms with E-state index in [4.69, 9.17) is 13.8 Å². The maximum atomic E-state index is 6.72. The fraction of sp³-hybridized carbons (Fsp3) is 0. The summed E-state index contributed by atoms with van der Waals surface area (Å²) in [7, 11) is 0. The molecule has 45 heavy (non-hydrogen) atoms. The fourth-order valence-electron chi connectivity index (χ4n) is 6.32. The van der Waals surface area contributed by atoms with E-state index in [1.807, 2.05) is 54.6 Å². The van der Waals surface area contributed by atoms with Gasteiger partial charge >= 0.3 is 0 Å². The highest BCUT2D eigenvalue weighted by Crippen LogP contribution is 2.48. The minimum Gasteiger partial charge on any atom is -0.456 e. The third kappa shape index (κ3) is 4.27. The molecule has 0 N–H and O–H groups in total. The minimum atomic E-state index is 0.571. The lowest BCUT2D eigenvalue weighted by Crippen LogP contribution is -2.11. The number of furan rings is 1. The van der Waals surface area contributed by atoms with Crippen LogP contribution in [0.2, 0.25) is 0 Å². The number of para-hydroxylation sites is 1. The van der Waals surface area contributed by atoms with E-state index >= 15 is 0 Å². The molecule has 0 fully saturated rings. The van der Waals surface area contributed by atoms with Crippen LogP contribution in [0.1, 0.15) is 0 Å². The zero-order valence-electron chi connectivity index (χ0n) is 24.2. The van der Waals surface area contributed by atoms with Crippen LogP contribution in [0.25, 0.3) is 66.4 Å². The molecule has 0 aliphatic carbocycles. The van der Waals surface area contributed by atoms with Crippen molar-refractivity contribution < 1.29 is 8.83 Å². The number of oxazole rings is 1. The molecule has 2 aromatic heterocycles. The van der Waals surface area contributed by atoms with Crippen LogP contribution in [0.4, 0.5) is 17.1 Å². The Labute approximate surface area is 259 Å². The number of hydrogen-bond donors (Lipinski definition) is 0. The Hall–Kier alpha value is -6.13. The number of hydrogen-bond acceptors (Lipinski definition) is 4. The molecule has 9 aromatic rings. The molecular weight excluding hydrogens is 552 g/mol. The molecule has 7 aromatic carbocycles. The van der Waals surface area contributed by atoms with Gasteiger partial charge in [0, 0.05) is 28.4 Å². The second kappa shape index (κ2) is 10.2. The zero-order valence-corrected chi connectivity index (χ0v) is 24.2. The van der Waals surface area contributed by atoms with Crippen molar-refractivity contribution in [1.82, 2.24) is 4.98 Å². The smallest absolute Gasteiger partial charge is 0.227 e. The number of anilines is 3. The molecule has 0 bridgehead atoms. The van der Waals surface area contributed by atoms with Gasteiger partial charge in [0.1, 0.15) is 22.4 Å². The summed E-state index contributed by atoms with van der Waals surface area (Å²) in [5.74, 6) is 0.571. The maximum Gasteiger partial charge on any atom is 0.227 e. The van der Waals surface area contributed by atoms with E-state index in [2.05, 4.69) is 108 Å². The summed E-state index contributed by atoms with van der Waals surface area (Å²) in [6, 6.07) is 54.4. The quantitative estimate of drug-likeness (QED) is 0.204. The van der Waals surface area contributed by atoms with Crippen molar-refractivity contribution in [2.24, 2.45) is 0 Å². The second-order valence-corrected chi connectivity index (χ2v) is 11.2. The number of rotatable bonds is 5. The average molecular weight is 579 g/mol. The van der Waals surface area contributed by atoms with E-state index in [1.54, 1.807) is 0 Å². The van der Waals surface area contributed by atoms with Crippen LogP contribution < -0.4 is 4.90 Å². The Morgan fingerprint density at radius 2 is 1.11 bits per heavy atom. The minimum absolute atomic E-state index is 0.571. The molecular formula is C41H26N2O2. The van der Waals surface area contributed by atoms with Crippen molar-refractivity contribution in [3.8, 4) is 22.6 Å². The van der Waals surface area contributed by atoms with Crippen LogP contribution in [-0.4, -0.2) is 4.98 Å². The molecule has 0 aliphatic rings. The van der Waals surface area contributed by atoms with Gasteiger partial charge in [0.2, 0.25) is 5.89 Å². The molecule has 0 spiro atoms. The third-order valence-corrected chi connectivity index (χ3v) is 8.46. The van der Waals surface area contributed by atoms with Crippen molar-refractivity contribution >= 4 is 60.9 Å². The van der Waals surface area contributed by atoms with Gasteiger partial charge < -0.3 is 13.7 Å². The Kier molecular flexibility index (Phi) is 5.78. The van der Waals surface area contributed by atoms with Gasteiger partial charge in [0.05, 0.1) is 5.39 Å². The molecule has 2 heterocycles. The van der Waals surface area contributed by atoms with Gasteiger partial charge in [-0.15, -0.1) is 0 Å². The Balaban J connectivity index is 1.37. The molecule has 0 saturated heterocycles. The first-order chi connectivity index (χ1) is 22.3. The van der Waals surface area contributed by atoms with Gasteiger partial charge in [-0.1, -0.05) is 109 Å². The van der Waals surface area contributed by atoms with Crippen LogP contribution in [-0.2, 0) is 0 Å². The van der Waals surface area contributed by atoms with Crippen molar-refractivity contribution in [1.29, 1.82) is 0 Å². The van der Waals surface area contributed by atoms with Gasteiger partial charge in [-0.05, 0) is 64.4 Å². The summed E-state index contributed by atoms with van der Waals surface area (Å²) in [6.07, 6.45) is 0. The predicted octanol–water partition coefficient (Wildman–Crippen LogP) is 11.7. The van der Waals surface area contributed by atoms with Gasteiger partial charge in [-0.3, -0.25) is 0 Å². The van der Waals surface area contributed by atoms with Crippen molar-refractivity contribution in [3.63, 3.8) is 0 Å². The number of fused-ring (bicyclic) bond motifs is 5. The highest BCUT2D eigenvalue weighted by molar-refractivity contribution is 6.20. The Morgan fingerprint density at radius 1 is 0.467 bits per heavy atom. The van der Waals surface area contributed by atoms with Crippen molar-refractivity contribution in [2.75, 3.05) is 4.90 Å². The van der Waals surface area contributed by atoms with E-state index in [9.17, 15) is 0 Å². The maximum absolute atomic E-state index is 6.72. The summed E-state index contributed by atoms with van der Waals surface area (Å²) in [4.78, 5) is 7.27. The molecule has 212 valence electrons. The lowest BCUT2D eigenvalue weighted by atomic mass is 10.0. The van der Waals surface area contributed by atoms with Crippen LogP contribution >= 0.6 is 0 Å². The molecule has 0 unspecified atom stereocenters. The first-order valence-electron chi connectivity index (χ1n) is 15.0. The Bertz CT molecular complexity index is 2480. The third-order valence-electron chi connectivity index (χ3n) is 8.46. The summed E-state index contributed by atoms with van der Waals surface area (Å²) < 4.78 is 13.2. The first kappa shape index (κ1) is 25.4. The van der Waals surface area contributed by atoms with Crippen molar-refractivity contribution in [2.45, 2.75) is 0 Å². The number of benzene rings is 7. The lowest BCUT2D eigenvalue weighted by molar-refractivity contribution is 0.620. The number of nitrogens with zero attached hydrogens (tertiary/aromatic N) is 2. The molecule has 9 rings (SSSR count). The lowest BCUT2D eigenvalue weighted by Gasteiger charge is -2.26. The van der Waals surface area contributed by atoms with E-state index in [-0.39, 0.29) is 0 Å². The van der Waals surface area contributed by atoms with E-state index in [1.165, 1.54) is 10.9 Å². The highest BCUT2D eigenvalue weighted by atomic mass is 16.4. The SMILES string of the molecule is c1ccc(-c2ccc(N(c3ccc4ccccc4c3)c3c4oc(-c5ccccc5)nc4cc4oc5ccccc5c34)cc2)cc1. The predicted molar refractivity (Wildman–Crippen MR) is 184 cm³/mol.